The first-order chi connectivity index (χ1) is 13.8. The Morgan fingerprint density at radius 2 is 1.90 bits per heavy atom. The van der Waals surface area contributed by atoms with E-state index >= 15 is 0 Å². The van der Waals surface area contributed by atoms with Crippen LogP contribution < -0.4 is 0 Å². The SMILES string of the molecule is CCc1cc(CC2(c3nc4ccccc4o3)C=CC=N2)c(SC(C)(C)C)nc1C. The minimum Gasteiger partial charge on any atom is -0.438 e. The van der Waals surface area contributed by atoms with Crippen LogP contribution in [0.15, 0.2) is 56.9 Å². The Morgan fingerprint density at radius 1 is 1.10 bits per heavy atom. The zero-order chi connectivity index (χ0) is 20.6. The summed E-state index contributed by atoms with van der Waals surface area (Å²) in [5, 5.41) is 1.07. The zero-order valence-electron chi connectivity index (χ0n) is 17.7. The monoisotopic (exact) mass is 405 g/mol. The molecule has 3 heterocycles. The lowest BCUT2D eigenvalue weighted by atomic mass is 9.91. The highest BCUT2D eigenvalue weighted by Crippen LogP contribution is 2.40. The van der Waals surface area contributed by atoms with Gasteiger partial charge in [-0.05, 0) is 48.8 Å². The van der Waals surface area contributed by atoms with Crippen LogP contribution in [0.5, 0.6) is 0 Å². The molecule has 150 valence electrons. The number of allylic oxidation sites excluding steroid dienone is 1. The number of rotatable bonds is 5. The van der Waals surface area contributed by atoms with E-state index in [0.717, 1.165) is 28.2 Å². The number of aliphatic imine (C=N–C) groups is 1. The zero-order valence-corrected chi connectivity index (χ0v) is 18.5. The van der Waals surface area contributed by atoms with Crippen molar-refractivity contribution >= 4 is 29.1 Å². The molecule has 4 nitrogen and oxygen atoms in total. The maximum atomic E-state index is 6.15. The van der Waals surface area contributed by atoms with Crippen molar-refractivity contribution in [2.45, 2.75) is 62.8 Å². The second kappa shape index (κ2) is 7.45. The van der Waals surface area contributed by atoms with Crippen LogP contribution in [0, 0.1) is 6.92 Å². The molecule has 0 radical (unpaired) electrons. The molecule has 0 saturated heterocycles. The fourth-order valence-corrected chi connectivity index (χ4v) is 4.64. The summed E-state index contributed by atoms with van der Waals surface area (Å²) < 4.78 is 6.22. The summed E-state index contributed by atoms with van der Waals surface area (Å²) in [6.45, 7) is 10.9. The Bertz CT molecular complexity index is 1060. The topological polar surface area (TPSA) is 51.3 Å². The van der Waals surface area contributed by atoms with Crippen LogP contribution >= 0.6 is 11.8 Å². The van der Waals surface area contributed by atoms with Gasteiger partial charge in [-0.3, -0.25) is 4.99 Å². The molecule has 4 rings (SSSR count). The largest absolute Gasteiger partial charge is 0.438 e. The number of hydrogen-bond donors (Lipinski definition) is 0. The van der Waals surface area contributed by atoms with Gasteiger partial charge in [0.2, 0.25) is 5.89 Å². The highest BCUT2D eigenvalue weighted by Gasteiger charge is 2.37. The van der Waals surface area contributed by atoms with Gasteiger partial charge in [-0.2, -0.15) is 0 Å². The van der Waals surface area contributed by atoms with Gasteiger partial charge in [-0.1, -0.05) is 45.9 Å². The van der Waals surface area contributed by atoms with Gasteiger partial charge >= 0.3 is 0 Å². The third kappa shape index (κ3) is 4.01. The van der Waals surface area contributed by atoms with Crippen LogP contribution in [0.2, 0.25) is 0 Å². The predicted molar refractivity (Wildman–Crippen MR) is 121 cm³/mol. The van der Waals surface area contributed by atoms with E-state index in [1.807, 2.05) is 36.6 Å². The number of benzene rings is 1. The van der Waals surface area contributed by atoms with E-state index in [1.165, 1.54) is 11.1 Å². The first-order valence-electron chi connectivity index (χ1n) is 10.1. The molecule has 0 fully saturated rings. The molecule has 0 spiro atoms. The molecule has 2 aromatic heterocycles. The lowest BCUT2D eigenvalue weighted by Crippen LogP contribution is -2.24. The molecule has 3 aromatic rings. The van der Waals surface area contributed by atoms with Crippen LogP contribution in [0.3, 0.4) is 0 Å². The van der Waals surface area contributed by atoms with Crippen molar-refractivity contribution in [3.63, 3.8) is 0 Å². The van der Waals surface area contributed by atoms with Crippen molar-refractivity contribution in [2.75, 3.05) is 0 Å². The second-order valence-corrected chi connectivity index (χ2v) is 10.3. The normalized spacial score (nSPS) is 18.8. The summed E-state index contributed by atoms with van der Waals surface area (Å²) in [6.07, 6.45) is 7.54. The fourth-order valence-electron chi connectivity index (χ4n) is 3.61. The number of aromatic nitrogens is 2. The predicted octanol–water partition coefficient (Wildman–Crippen LogP) is 6.06. The van der Waals surface area contributed by atoms with Crippen molar-refractivity contribution in [3.8, 4) is 0 Å². The van der Waals surface area contributed by atoms with Gasteiger partial charge in [0.05, 0.1) is 0 Å². The van der Waals surface area contributed by atoms with Gasteiger partial charge < -0.3 is 4.42 Å². The van der Waals surface area contributed by atoms with Crippen molar-refractivity contribution in [1.82, 2.24) is 9.97 Å². The van der Waals surface area contributed by atoms with Crippen LogP contribution in [0.1, 0.15) is 50.4 Å². The average Bonchev–Trinajstić information content (AvgIpc) is 3.30. The summed E-state index contributed by atoms with van der Waals surface area (Å²) in [7, 11) is 0. The molecule has 29 heavy (non-hydrogen) atoms. The first-order valence-corrected chi connectivity index (χ1v) is 10.9. The average molecular weight is 406 g/mol. The summed E-state index contributed by atoms with van der Waals surface area (Å²) in [4.78, 5) is 14.6. The van der Waals surface area contributed by atoms with E-state index in [1.54, 1.807) is 11.8 Å². The van der Waals surface area contributed by atoms with Crippen molar-refractivity contribution < 1.29 is 4.42 Å². The van der Waals surface area contributed by atoms with Crippen molar-refractivity contribution in [2.24, 2.45) is 4.99 Å². The number of pyridine rings is 1. The highest BCUT2D eigenvalue weighted by atomic mass is 32.2. The van der Waals surface area contributed by atoms with Crippen molar-refractivity contribution in [1.29, 1.82) is 0 Å². The molecule has 1 unspecified atom stereocenters. The van der Waals surface area contributed by atoms with E-state index in [2.05, 4.69) is 46.8 Å². The van der Waals surface area contributed by atoms with Crippen LogP contribution in [0.25, 0.3) is 11.1 Å². The number of oxazole rings is 1. The molecule has 1 aliphatic rings. The molecule has 5 heteroatoms. The molecule has 0 N–H and O–H groups in total. The summed E-state index contributed by atoms with van der Waals surface area (Å²) >= 11 is 1.80. The van der Waals surface area contributed by atoms with Gasteiger partial charge in [0.25, 0.3) is 0 Å². The number of hydrogen-bond acceptors (Lipinski definition) is 5. The number of aryl methyl sites for hydroxylation is 2. The van der Waals surface area contributed by atoms with Gasteiger partial charge in [0.1, 0.15) is 10.5 Å². The third-order valence-corrected chi connectivity index (χ3v) is 6.19. The quantitative estimate of drug-likeness (QED) is 0.484. The third-order valence-electron chi connectivity index (χ3n) is 5.03. The summed E-state index contributed by atoms with van der Waals surface area (Å²) in [6, 6.07) is 10.2. The molecule has 0 amide bonds. The number of fused-ring (bicyclic) bond motifs is 1. The Hall–Kier alpha value is -2.40. The first kappa shape index (κ1) is 19.9. The molecule has 1 aromatic carbocycles. The van der Waals surface area contributed by atoms with E-state index < -0.39 is 5.54 Å². The number of thioether (sulfide) groups is 1. The maximum absolute atomic E-state index is 6.15. The Labute approximate surface area is 176 Å². The van der Waals surface area contributed by atoms with Gasteiger partial charge in [-0.15, -0.1) is 11.8 Å². The second-order valence-electron chi connectivity index (χ2n) is 8.49. The minimum absolute atomic E-state index is 0.0709. The van der Waals surface area contributed by atoms with E-state index in [0.29, 0.717) is 12.3 Å². The number of para-hydroxylation sites is 2. The molecular formula is C24H27N3OS. The Kier molecular flexibility index (Phi) is 5.11. The van der Waals surface area contributed by atoms with E-state index in [-0.39, 0.29) is 4.75 Å². The van der Waals surface area contributed by atoms with Crippen LogP contribution in [-0.2, 0) is 18.4 Å². The summed E-state index contributed by atoms with van der Waals surface area (Å²) in [5.41, 5.74) is 4.59. The number of nitrogens with zero attached hydrogens (tertiary/aromatic N) is 3. The molecular weight excluding hydrogens is 378 g/mol. The molecule has 0 saturated carbocycles. The van der Waals surface area contributed by atoms with Crippen LogP contribution in [-0.4, -0.2) is 20.9 Å². The van der Waals surface area contributed by atoms with Crippen LogP contribution in [0.4, 0.5) is 0 Å². The Morgan fingerprint density at radius 3 is 2.55 bits per heavy atom. The molecule has 1 atom stereocenters. The smallest absolute Gasteiger partial charge is 0.227 e. The standard InChI is InChI=1S/C24H27N3OS/c1-6-17-14-18(21(26-16(17)2)29-23(3,4)5)15-24(12-9-13-25-24)22-27-19-10-7-8-11-20(19)28-22/h7-14H,6,15H2,1-5H3. The molecule has 1 aliphatic heterocycles. The van der Waals surface area contributed by atoms with E-state index in [9.17, 15) is 0 Å². The highest BCUT2D eigenvalue weighted by molar-refractivity contribution is 8.00. The van der Waals surface area contributed by atoms with Gasteiger partial charge in [0, 0.05) is 23.1 Å². The van der Waals surface area contributed by atoms with Gasteiger partial charge in [0.15, 0.2) is 11.1 Å². The minimum atomic E-state index is -0.631. The van der Waals surface area contributed by atoms with E-state index in [4.69, 9.17) is 19.4 Å². The Balaban J connectivity index is 1.81. The van der Waals surface area contributed by atoms with Gasteiger partial charge in [-0.25, -0.2) is 9.97 Å². The fraction of sp³-hybridized carbons (Fsp3) is 0.375. The van der Waals surface area contributed by atoms with Crippen molar-refractivity contribution in [3.05, 3.63) is 65.2 Å². The molecule has 0 bridgehead atoms. The lowest BCUT2D eigenvalue weighted by Gasteiger charge is -2.25. The lowest BCUT2D eigenvalue weighted by molar-refractivity contribution is 0.405. The maximum Gasteiger partial charge on any atom is 0.227 e. The summed E-state index contributed by atoms with van der Waals surface area (Å²) in [5.74, 6) is 0.633. The molecule has 0 aliphatic carbocycles.